The number of benzene rings is 1. The third-order valence-corrected chi connectivity index (χ3v) is 8.50. The van der Waals surface area contributed by atoms with E-state index in [-0.39, 0.29) is 35.9 Å². The van der Waals surface area contributed by atoms with Gasteiger partial charge in [0.15, 0.2) is 5.17 Å². The number of likely N-dealkylation sites (tertiary alicyclic amines) is 2. The molecule has 4 aliphatic heterocycles. The smallest absolute Gasteiger partial charge is 0.309 e. The van der Waals surface area contributed by atoms with Crippen molar-refractivity contribution in [3.05, 3.63) is 58.0 Å². The first-order valence-corrected chi connectivity index (χ1v) is 14.2. The van der Waals surface area contributed by atoms with Crippen molar-refractivity contribution in [2.75, 3.05) is 32.8 Å². The quantitative estimate of drug-likeness (QED) is 0.503. The molecular formula is C28H33FN4O4S. The molecule has 5 rings (SSSR count). The molecule has 0 aromatic heterocycles. The lowest BCUT2D eigenvalue weighted by Gasteiger charge is -2.38. The lowest BCUT2D eigenvalue weighted by atomic mass is 9.92. The van der Waals surface area contributed by atoms with Crippen LogP contribution in [0.5, 0.6) is 0 Å². The van der Waals surface area contributed by atoms with Crippen molar-refractivity contribution in [3.8, 4) is 0 Å². The number of carbonyl (C=O) groups excluding carboxylic acids is 3. The second-order valence-electron chi connectivity index (χ2n) is 10.0. The van der Waals surface area contributed by atoms with Gasteiger partial charge in [0.1, 0.15) is 5.82 Å². The third kappa shape index (κ3) is 5.23. The number of amidine groups is 1. The summed E-state index contributed by atoms with van der Waals surface area (Å²) in [6.07, 6.45) is 3.27. The standard InChI is InChI=1S/C28H33FN4O4S/c1-3-37-27(36)20-10-14-31(15-11-20)23(34)16-22-17-38-28-30-18(2)24(26(35)32-12-4-5-13-32)25(33(22)28)19-6-8-21(29)9-7-19/h6-9,17,20,25H,3-5,10-16H2,1-2H3. The number of thioether (sulfide) groups is 1. The van der Waals surface area contributed by atoms with Crippen LogP contribution in [-0.2, 0) is 19.1 Å². The normalized spacial score (nSPS) is 21.9. The molecule has 4 heterocycles. The largest absolute Gasteiger partial charge is 0.466 e. The van der Waals surface area contributed by atoms with Crippen molar-refractivity contribution in [3.63, 3.8) is 0 Å². The van der Waals surface area contributed by atoms with Crippen molar-refractivity contribution >= 4 is 34.7 Å². The van der Waals surface area contributed by atoms with Crippen molar-refractivity contribution in [1.82, 2.24) is 14.7 Å². The van der Waals surface area contributed by atoms with Gasteiger partial charge in [0, 0.05) is 31.9 Å². The zero-order valence-corrected chi connectivity index (χ0v) is 22.6. The molecule has 0 radical (unpaired) electrons. The van der Waals surface area contributed by atoms with Crippen molar-refractivity contribution in [2.24, 2.45) is 10.9 Å². The molecule has 1 atom stereocenters. The number of hydrogen-bond donors (Lipinski definition) is 0. The molecular weight excluding hydrogens is 507 g/mol. The van der Waals surface area contributed by atoms with E-state index in [1.165, 1.54) is 23.9 Å². The first-order valence-electron chi connectivity index (χ1n) is 13.3. The summed E-state index contributed by atoms with van der Waals surface area (Å²) < 4.78 is 19.0. The van der Waals surface area contributed by atoms with E-state index >= 15 is 0 Å². The Hall–Kier alpha value is -3.14. The van der Waals surface area contributed by atoms with Crippen LogP contribution >= 0.6 is 11.8 Å². The van der Waals surface area contributed by atoms with Crippen LogP contribution in [0.3, 0.4) is 0 Å². The Kier molecular flexibility index (Phi) is 7.88. The Labute approximate surface area is 226 Å². The summed E-state index contributed by atoms with van der Waals surface area (Å²) in [6, 6.07) is 5.71. The number of ether oxygens (including phenoxy) is 1. The maximum atomic E-state index is 13.9. The number of piperidine rings is 1. The highest BCUT2D eigenvalue weighted by Gasteiger charge is 2.42. The summed E-state index contributed by atoms with van der Waals surface area (Å²) in [5, 5.41) is 2.63. The van der Waals surface area contributed by atoms with Crippen LogP contribution in [0.1, 0.15) is 57.6 Å². The van der Waals surface area contributed by atoms with Gasteiger partial charge in [-0.15, -0.1) is 0 Å². The van der Waals surface area contributed by atoms with Crippen LogP contribution in [0.4, 0.5) is 4.39 Å². The molecule has 2 saturated heterocycles. The van der Waals surface area contributed by atoms with Crippen LogP contribution in [0.2, 0.25) is 0 Å². The van der Waals surface area contributed by atoms with Crippen LogP contribution < -0.4 is 0 Å². The molecule has 202 valence electrons. The van der Waals surface area contributed by atoms with Crippen LogP contribution in [0.25, 0.3) is 0 Å². The topological polar surface area (TPSA) is 82.5 Å². The third-order valence-electron chi connectivity index (χ3n) is 7.61. The summed E-state index contributed by atoms with van der Waals surface area (Å²) in [5.41, 5.74) is 2.76. The first-order chi connectivity index (χ1) is 18.4. The van der Waals surface area contributed by atoms with Gasteiger partial charge in [-0.1, -0.05) is 23.9 Å². The minimum absolute atomic E-state index is 0.0306. The number of fused-ring (bicyclic) bond motifs is 1. The number of hydrogen-bond acceptors (Lipinski definition) is 7. The van der Waals surface area contributed by atoms with Gasteiger partial charge in [-0.2, -0.15) is 0 Å². The summed E-state index contributed by atoms with van der Waals surface area (Å²) in [5.74, 6) is -0.795. The fourth-order valence-corrected chi connectivity index (χ4v) is 6.55. The molecule has 38 heavy (non-hydrogen) atoms. The van der Waals surface area contributed by atoms with E-state index in [1.54, 1.807) is 24.0 Å². The van der Waals surface area contributed by atoms with Gasteiger partial charge in [-0.3, -0.25) is 14.4 Å². The van der Waals surface area contributed by atoms with Gasteiger partial charge < -0.3 is 19.4 Å². The number of aliphatic imine (C=N–C) groups is 1. The zero-order valence-electron chi connectivity index (χ0n) is 21.8. The fraction of sp³-hybridized carbons (Fsp3) is 0.500. The number of halogens is 1. The molecule has 0 aliphatic carbocycles. The number of nitrogens with zero attached hydrogens (tertiary/aromatic N) is 4. The van der Waals surface area contributed by atoms with E-state index in [0.29, 0.717) is 62.1 Å². The van der Waals surface area contributed by atoms with Gasteiger partial charge in [0.05, 0.1) is 36.3 Å². The second kappa shape index (κ2) is 11.3. The van der Waals surface area contributed by atoms with Gasteiger partial charge in [-0.25, -0.2) is 9.38 Å². The van der Waals surface area contributed by atoms with E-state index in [0.717, 1.165) is 24.1 Å². The van der Waals surface area contributed by atoms with Crippen molar-refractivity contribution < 1.29 is 23.5 Å². The van der Waals surface area contributed by atoms with Crippen molar-refractivity contribution in [1.29, 1.82) is 0 Å². The Morgan fingerprint density at radius 2 is 1.74 bits per heavy atom. The minimum atomic E-state index is -0.500. The molecule has 1 unspecified atom stereocenters. The molecule has 2 amide bonds. The molecule has 0 N–H and O–H groups in total. The van der Waals surface area contributed by atoms with E-state index in [2.05, 4.69) is 0 Å². The van der Waals surface area contributed by atoms with Crippen LogP contribution in [0.15, 0.2) is 51.6 Å². The number of esters is 1. The molecule has 10 heteroatoms. The van der Waals surface area contributed by atoms with E-state index in [9.17, 15) is 18.8 Å². The van der Waals surface area contributed by atoms with Crippen molar-refractivity contribution in [2.45, 2.75) is 52.0 Å². The average molecular weight is 541 g/mol. The molecule has 4 aliphatic rings. The Bertz CT molecular complexity index is 1200. The zero-order chi connectivity index (χ0) is 26.8. The monoisotopic (exact) mass is 540 g/mol. The lowest BCUT2D eigenvalue weighted by Crippen LogP contribution is -2.43. The predicted octanol–water partition coefficient (Wildman–Crippen LogP) is 4.21. The summed E-state index contributed by atoms with van der Waals surface area (Å²) in [6.45, 7) is 6.42. The summed E-state index contributed by atoms with van der Waals surface area (Å²) in [4.78, 5) is 49.6. The first kappa shape index (κ1) is 26.5. The highest BCUT2D eigenvalue weighted by Crippen LogP contribution is 2.45. The van der Waals surface area contributed by atoms with Crippen LogP contribution in [-0.4, -0.2) is 70.4 Å². The van der Waals surface area contributed by atoms with E-state index in [4.69, 9.17) is 9.73 Å². The number of carbonyl (C=O) groups is 3. The highest BCUT2D eigenvalue weighted by molar-refractivity contribution is 8.16. The Morgan fingerprint density at radius 3 is 2.39 bits per heavy atom. The number of rotatable bonds is 6. The van der Waals surface area contributed by atoms with E-state index in [1.807, 2.05) is 22.1 Å². The highest BCUT2D eigenvalue weighted by atomic mass is 32.2. The SMILES string of the molecule is CCOC(=O)C1CCN(C(=O)CC2=CSC3=NC(C)=C(C(=O)N4CCCC4)C(c4ccc(F)cc4)N23)CC1. The molecule has 0 spiro atoms. The second-order valence-corrected chi connectivity index (χ2v) is 10.9. The fourth-order valence-electron chi connectivity index (χ4n) is 5.59. The maximum absolute atomic E-state index is 13.9. The van der Waals surface area contributed by atoms with Gasteiger partial charge in [0.25, 0.3) is 5.91 Å². The predicted molar refractivity (Wildman–Crippen MR) is 143 cm³/mol. The van der Waals surface area contributed by atoms with Gasteiger partial charge in [-0.05, 0) is 62.6 Å². The Balaban J connectivity index is 1.38. The molecule has 1 aromatic carbocycles. The maximum Gasteiger partial charge on any atom is 0.309 e. The minimum Gasteiger partial charge on any atom is -0.466 e. The Morgan fingerprint density at radius 1 is 1.05 bits per heavy atom. The van der Waals surface area contributed by atoms with Gasteiger partial charge >= 0.3 is 5.97 Å². The molecule has 0 bridgehead atoms. The molecule has 8 nitrogen and oxygen atoms in total. The molecule has 0 saturated carbocycles. The van der Waals surface area contributed by atoms with Gasteiger partial charge in [0.2, 0.25) is 5.91 Å². The lowest BCUT2D eigenvalue weighted by molar-refractivity contribution is -0.151. The number of allylic oxidation sites excluding steroid dienone is 1. The molecule has 2 fully saturated rings. The van der Waals surface area contributed by atoms with E-state index < -0.39 is 6.04 Å². The molecule has 1 aromatic rings. The summed E-state index contributed by atoms with van der Waals surface area (Å²) >= 11 is 1.43. The van der Waals surface area contributed by atoms with Crippen LogP contribution in [0, 0.1) is 11.7 Å². The summed E-state index contributed by atoms with van der Waals surface area (Å²) in [7, 11) is 0. The number of amides is 2. The average Bonchev–Trinajstić information content (AvgIpc) is 3.59.